The summed E-state index contributed by atoms with van der Waals surface area (Å²) >= 11 is 0. The molecule has 6 nitrogen and oxygen atoms in total. The molecule has 0 radical (unpaired) electrons. The summed E-state index contributed by atoms with van der Waals surface area (Å²) in [7, 11) is 0. The predicted molar refractivity (Wildman–Crippen MR) is 76.3 cm³/mol. The van der Waals surface area contributed by atoms with Gasteiger partial charge in [0.25, 0.3) is 0 Å². The second-order valence-corrected chi connectivity index (χ2v) is 4.33. The number of carbonyl (C=O) groups excluding carboxylic acids is 1. The topological polar surface area (TPSA) is 77.1 Å². The van der Waals surface area contributed by atoms with Crippen LogP contribution in [0.25, 0.3) is 10.9 Å². The van der Waals surface area contributed by atoms with Gasteiger partial charge in [0.1, 0.15) is 5.75 Å². The molecule has 1 N–H and O–H groups in total. The average Bonchev–Trinajstić information content (AvgIpc) is 2.95. The molecular formula is C15H13N3O3. The van der Waals surface area contributed by atoms with Gasteiger partial charge in [-0.1, -0.05) is 6.92 Å². The summed E-state index contributed by atoms with van der Waals surface area (Å²) in [6.07, 6.45) is 3.61. The summed E-state index contributed by atoms with van der Waals surface area (Å²) < 4.78 is 10.6. The van der Waals surface area contributed by atoms with Crippen molar-refractivity contribution < 1.29 is 14.3 Å². The first kappa shape index (κ1) is 13.1. The van der Waals surface area contributed by atoms with Crippen LogP contribution in [-0.2, 0) is 4.79 Å². The predicted octanol–water partition coefficient (Wildman–Crippen LogP) is 3.07. The zero-order valence-corrected chi connectivity index (χ0v) is 11.4. The van der Waals surface area contributed by atoms with Gasteiger partial charge in [0.15, 0.2) is 0 Å². The molecule has 1 aromatic carbocycles. The Morgan fingerprint density at radius 1 is 1.29 bits per heavy atom. The highest BCUT2D eigenvalue weighted by Gasteiger charge is 2.07. The van der Waals surface area contributed by atoms with E-state index in [1.807, 2.05) is 30.5 Å². The van der Waals surface area contributed by atoms with Crippen LogP contribution in [0.15, 0.2) is 42.7 Å². The first-order valence-electron chi connectivity index (χ1n) is 6.53. The van der Waals surface area contributed by atoms with Gasteiger partial charge in [-0.05, 0) is 24.3 Å². The maximum atomic E-state index is 11.2. The lowest BCUT2D eigenvalue weighted by Crippen LogP contribution is -2.08. The van der Waals surface area contributed by atoms with Crippen molar-refractivity contribution in [2.24, 2.45) is 0 Å². The number of nitrogens with one attached hydrogen (secondary N) is 1. The van der Waals surface area contributed by atoms with Crippen LogP contribution in [0, 0.1) is 0 Å². The van der Waals surface area contributed by atoms with E-state index in [1.54, 1.807) is 13.0 Å². The van der Waals surface area contributed by atoms with E-state index >= 15 is 0 Å². The van der Waals surface area contributed by atoms with Crippen LogP contribution < -0.4 is 9.47 Å². The summed E-state index contributed by atoms with van der Waals surface area (Å²) in [5.74, 6) is 0.577. The number of ether oxygens (including phenoxy) is 2. The van der Waals surface area contributed by atoms with E-state index in [-0.39, 0.29) is 18.4 Å². The first-order chi connectivity index (χ1) is 10.2. The highest BCUT2D eigenvalue weighted by atomic mass is 16.6. The Morgan fingerprint density at radius 3 is 3.05 bits per heavy atom. The smallest absolute Gasteiger partial charge is 0.327 e. The molecule has 0 aliphatic heterocycles. The van der Waals surface area contributed by atoms with Crippen molar-refractivity contribution in [3.63, 3.8) is 0 Å². The fourth-order valence-electron chi connectivity index (χ4n) is 1.82. The van der Waals surface area contributed by atoms with E-state index in [2.05, 4.69) is 15.0 Å². The van der Waals surface area contributed by atoms with Crippen molar-refractivity contribution in [3.05, 3.63) is 42.7 Å². The van der Waals surface area contributed by atoms with Gasteiger partial charge in [-0.3, -0.25) is 4.79 Å². The largest absolute Gasteiger partial charge is 0.439 e. The van der Waals surface area contributed by atoms with Gasteiger partial charge in [0, 0.05) is 35.8 Å². The number of esters is 1. The van der Waals surface area contributed by atoms with Crippen molar-refractivity contribution in [2.45, 2.75) is 13.3 Å². The minimum Gasteiger partial charge on any atom is -0.439 e. The molecule has 3 rings (SSSR count). The average molecular weight is 283 g/mol. The molecule has 0 amide bonds. The van der Waals surface area contributed by atoms with Crippen molar-refractivity contribution in [2.75, 3.05) is 0 Å². The summed E-state index contributed by atoms with van der Waals surface area (Å²) in [4.78, 5) is 22.2. The van der Waals surface area contributed by atoms with Crippen LogP contribution in [0.1, 0.15) is 13.3 Å². The van der Waals surface area contributed by atoms with E-state index in [0.29, 0.717) is 11.6 Å². The van der Waals surface area contributed by atoms with Gasteiger partial charge in [-0.2, -0.15) is 4.98 Å². The molecule has 21 heavy (non-hydrogen) atoms. The number of rotatable bonds is 4. The normalized spacial score (nSPS) is 10.5. The second kappa shape index (κ2) is 5.62. The van der Waals surface area contributed by atoms with E-state index < -0.39 is 0 Å². The maximum absolute atomic E-state index is 11.2. The summed E-state index contributed by atoms with van der Waals surface area (Å²) in [5, 5.41) is 1.04. The van der Waals surface area contributed by atoms with Gasteiger partial charge in [-0.15, -0.1) is 0 Å². The van der Waals surface area contributed by atoms with Crippen molar-refractivity contribution in [1.82, 2.24) is 15.0 Å². The Kier molecular flexibility index (Phi) is 3.51. The Balaban J connectivity index is 1.80. The van der Waals surface area contributed by atoms with Gasteiger partial charge >= 0.3 is 12.0 Å². The number of fused-ring (bicyclic) bond motifs is 1. The standard InChI is InChI=1S/C15H13N3O3/c1-2-14(19)21-15-17-8-6-13(18-15)20-11-3-4-12-10(9-11)5-7-16-12/h3-9,16H,2H2,1H3. The van der Waals surface area contributed by atoms with Crippen LogP contribution in [0.5, 0.6) is 17.6 Å². The number of nitrogens with zero attached hydrogens (tertiary/aromatic N) is 2. The molecule has 0 saturated heterocycles. The molecule has 0 spiro atoms. The monoisotopic (exact) mass is 283 g/mol. The van der Waals surface area contributed by atoms with Gasteiger partial charge in [-0.25, -0.2) is 4.98 Å². The fraction of sp³-hybridized carbons (Fsp3) is 0.133. The van der Waals surface area contributed by atoms with Gasteiger partial charge in [0.2, 0.25) is 5.88 Å². The first-order valence-corrected chi connectivity index (χ1v) is 6.53. The fourth-order valence-corrected chi connectivity index (χ4v) is 1.82. The van der Waals surface area contributed by atoms with Gasteiger partial charge < -0.3 is 14.5 Å². The number of aromatic nitrogens is 3. The highest BCUT2D eigenvalue weighted by Crippen LogP contribution is 2.24. The molecule has 0 unspecified atom stereocenters. The van der Waals surface area contributed by atoms with Crippen LogP contribution in [-0.4, -0.2) is 20.9 Å². The van der Waals surface area contributed by atoms with E-state index in [1.165, 1.54) is 6.20 Å². The van der Waals surface area contributed by atoms with E-state index in [9.17, 15) is 4.79 Å². The molecule has 2 aromatic heterocycles. The Hall–Kier alpha value is -2.89. The quantitative estimate of drug-likeness (QED) is 0.744. The molecule has 106 valence electrons. The van der Waals surface area contributed by atoms with Crippen molar-refractivity contribution in [3.8, 4) is 17.6 Å². The van der Waals surface area contributed by atoms with Crippen molar-refractivity contribution >= 4 is 16.9 Å². The Morgan fingerprint density at radius 2 is 2.19 bits per heavy atom. The zero-order chi connectivity index (χ0) is 14.7. The molecule has 0 fully saturated rings. The molecule has 2 heterocycles. The molecule has 0 aliphatic rings. The number of benzene rings is 1. The third kappa shape index (κ3) is 3.00. The van der Waals surface area contributed by atoms with Crippen LogP contribution >= 0.6 is 0 Å². The molecule has 6 heteroatoms. The number of carbonyl (C=O) groups is 1. The van der Waals surface area contributed by atoms with E-state index in [4.69, 9.17) is 9.47 Å². The van der Waals surface area contributed by atoms with E-state index in [0.717, 1.165) is 10.9 Å². The Bertz CT molecular complexity index is 782. The Labute approximate surface area is 120 Å². The van der Waals surface area contributed by atoms with Gasteiger partial charge in [0.05, 0.1) is 0 Å². The number of hydrogen-bond acceptors (Lipinski definition) is 5. The molecule has 0 atom stereocenters. The van der Waals surface area contributed by atoms with Crippen molar-refractivity contribution in [1.29, 1.82) is 0 Å². The molecule has 3 aromatic rings. The lowest BCUT2D eigenvalue weighted by atomic mass is 10.2. The second-order valence-electron chi connectivity index (χ2n) is 4.33. The zero-order valence-electron chi connectivity index (χ0n) is 11.4. The number of hydrogen-bond donors (Lipinski definition) is 1. The van der Waals surface area contributed by atoms with Crippen LogP contribution in [0.2, 0.25) is 0 Å². The molecule has 0 bridgehead atoms. The SMILES string of the molecule is CCC(=O)Oc1nccc(Oc2ccc3[nH]ccc3c2)n1. The van der Waals surface area contributed by atoms with Crippen LogP contribution in [0.4, 0.5) is 0 Å². The third-order valence-electron chi connectivity index (χ3n) is 2.85. The summed E-state index contributed by atoms with van der Waals surface area (Å²) in [5.41, 5.74) is 1.03. The molecule has 0 saturated carbocycles. The third-order valence-corrected chi connectivity index (χ3v) is 2.85. The number of H-pyrrole nitrogens is 1. The summed E-state index contributed by atoms with van der Waals surface area (Å²) in [6, 6.07) is 9.19. The maximum Gasteiger partial charge on any atom is 0.327 e. The van der Waals surface area contributed by atoms with Crippen LogP contribution in [0.3, 0.4) is 0 Å². The molecule has 0 aliphatic carbocycles. The highest BCUT2D eigenvalue weighted by molar-refractivity contribution is 5.80. The lowest BCUT2D eigenvalue weighted by Gasteiger charge is -2.06. The minimum absolute atomic E-state index is 0.0120. The molecular weight excluding hydrogens is 270 g/mol. The lowest BCUT2D eigenvalue weighted by molar-refractivity contribution is -0.134. The summed E-state index contributed by atoms with van der Waals surface area (Å²) in [6.45, 7) is 1.70. The number of aromatic amines is 1. The minimum atomic E-state index is -0.388.